The molecule has 180 valence electrons. The Balaban J connectivity index is 1.36. The van der Waals surface area contributed by atoms with Crippen molar-refractivity contribution in [3.8, 4) is 11.5 Å². The molecule has 0 radical (unpaired) electrons. The Morgan fingerprint density at radius 1 is 0.600 bits per heavy atom. The van der Waals surface area contributed by atoms with E-state index >= 15 is 0 Å². The van der Waals surface area contributed by atoms with Crippen molar-refractivity contribution < 1.29 is 28.5 Å². The summed E-state index contributed by atoms with van der Waals surface area (Å²) in [7, 11) is -0.353. The topological polar surface area (TPSA) is 71.1 Å². The Morgan fingerprint density at radius 2 is 1.03 bits per heavy atom. The van der Waals surface area contributed by atoms with E-state index in [-0.39, 0.29) is 22.8 Å². The van der Waals surface area contributed by atoms with Crippen molar-refractivity contribution in [3.05, 3.63) is 78.9 Å². The van der Waals surface area contributed by atoms with E-state index in [9.17, 15) is 9.59 Å². The molecular weight excluding hydrogens is 464 g/mol. The van der Waals surface area contributed by atoms with Crippen LogP contribution in [0.1, 0.15) is 25.7 Å². The number of benzene rings is 3. The molecule has 0 spiro atoms. The summed E-state index contributed by atoms with van der Waals surface area (Å²) < 4.78 is 22.0. The minimum atomic E-state index is -0.545. The molecule has 2 aliphatic rings. The highest BCUT2D eigenvalue weighted by atomic mass is 32.2. The summed E-state index contributed by atoms with van der Waals surface area (Å²) in [4.78, 5) is 27.3. The first-order chi connectivity index (χ1) is 17.2. The first-order valence-corrected chi connectivity index (χ1v) is 13.1. The number of rotatable bonds is 7. The average molecular weight is 492 g/mol. The number of hydrogen-bond acceptors (Lipinski definition) is 6. The van der Waals surface area contributed by atoms with Gasteiger partial charge in [-0.05, 0) is 86.3 Å². The maximum Gasteiger partial charge on any atom is 0.347 e. The van der Waals surface area contributed by atoms with Crippen LogP contribution in [-0.2, 0) is 30.0 Å². The number of carbonyl (C=O) groups is 2. The summed E-state index contributed by atoms with van der Waals surface area (Å²) in [5.41, 5.74) is 0. The van der Waals surface area contributed by atoms with Crippen molar-refractivity contribution in [3.63, 3.8) is 0 Å². The Hall–Kier alpha value is -3.45. The Labute approximate surface area is 207 Å². The molecule has 2 atom stereocenters. The first-order valence-electron chi connectivity index (χ1n) is 11.8. The fraction of sp³-hybridized carbons (Fsp3) is 0.286. The lowest BCUT2D eigenvalue weighted by Crippen LogP contribution is -2.33. The van der Waals surface area contributed by atoms with Crippen molar-refractivity contribution >= 4 is 22.8 Å². The molecule has 0 aromatic heterocycles. The summed E-state index contributed by atoms with van der Waals surface area (Å²) in [5.74, 6) is 0.705. The quantitative estimate of drug-likeness (QED) is 0.344. The number of cyclic esters (lactones) is 2. The number of carbonyl (C=O) groups excluding carboxylic acids is 2. The van der Waals surface area contributed by atoms with E-state index < -0.39 is 12.2 Å². The number of hydrogen-bond donors (Lipinski definition) is 0. The van der Waals surface area contributed by atoms with E-state index in [0.29, 0.717) is 37.6 Å². The molecule has 35 heavy (non-hydrogen) atoms. The standard InChI is InChI=1S/C28H27O6S/c29-27-25(8-4-18-31-27)33-20-10-14-23(15-11-20)35(22-6-2-1-3-7-22)24-16-12-21(13-17-24)34-26-9-5-19-32-28(26)30/h1-3,6-7,10-17,25-26H,4-5,8-9,18-19H2/q+1. The van der Waals surface area contributed by atoms with Crippen LogP contribution in [0.15, 0.2) is 93.5 Å². The zero-order chi connectivity index (χ0) is 24.0. The molecule has 0 amide bonds. The molecule has 0 N–H and O–H groups in total. The SMILES string of the molecule is O=C1OCCCC1Oc1ccc([S+](c2ccccc2)c2ccc(OC3CCCOC3=O)cc2)cc1. The maximum absolute atomic E-state index is 11.9. The van der Waals surface area contributed by atoms with Crippen LogP contribution < -0.4 is 9.47 Å². The highest BCUT2D eigenvalue weighted by Gasteiger charge is 2.31. The lowest BCUT2D eigenvalue weighted by molar-refractivity contribution is -0.157. The fourth-order valence-corrected chi connectivity index (χ4v) is 6.18. The van der Waals surface area contributed by atoms with Crippen LogP contribution in [0.3, 0.4) is 0 Å². The van der Waals surface area contributed by atoms with Gasteiger partial charge in [-0.1, -0.05) is 18.2 Å². The van der Waals surface area contributed by atoms with E-state index in [2.05, 4.69) is 12.1 Å². The van der Waals surface area contributed by atoms with Gasteiger partial charge in [0.1, 0.15) is 11.5 Å². The lowest BCUT2D eigenvalue weighted by Gasteiger charge is -2.22. The molecule has 2 heterocycles. The minimum Gasteiger partial charge on any atom is -0.479 e. The van der Waals surface area contributed by atoms with Crippen LogP contribution in [0.25, 0.3) is 0 Å². The molecule has 7 heteroatoms. The van der Waals surface area contributed by atoms with Gasteiger partial charge in [0.05, 0.1) is 24.1 Å². The van der Waals surface area contributed by atoms with Crippen molar-refractivity contribution in [1.29, 1.82) is 0 Å². The summed E-state index contributed by atoms with van der Waals surface area (Å²) in [6, 6.07) is 26.1. The highest BCUT2D eigenvalue weighted by molar-refractivity contribution is 7.97. The molecule has 5 rings (SSSR count). The summed E-state index contributed by atoms with van der Waals surface area (Å²) in [6.07, 6.45) is 1.87. The minimum absolute atomic E-state index is 0.298. The fourth-order valence-electron chi connectivity index (χ4n) is 4.12. The normalized spacial score (nSPS) is 20.9. The van der Waals surface area contributed by atoms with Crippen LogP contribution >= 0.6 is 0 Å². The predicted molar refractivity (Wildman–Crippen MR) is 131 cm³/mol. The Morgan fingerprint density at radius 3 is 1.46 bits per heavy atom. The van der Waals surface area contributed by atoms with Crippen LogP contribution in [0.4, 0.5) is 0 Å². The molecule has 3 aromatic carbocycles. The van der Waals surface area contributed by atoms with Gasteiger partial charge >= 0.3 is 11.9 Å². The average Bonchev–Trinajstić information content (AvgIpc) is 2.90. The largest absolute Gasteiger partial charge is 0.479 e. The zero-order valence-corrected chi connectivity index (χ0v) is 20.1. The van der Waals surface area contributed by atoms with Crippen molar-refractivity contribution in [1.82, 2.24) is 0 Å². The monoisotopic (exact) mass is 491 g/mol. The second-order valence-corrected chi connectivity index (χ2v) is 10.4. The van der Waals surface area contributed by atoms with Crippen molar-refractivity contribution in [2.75, 3.05) is 13.2 Å². The predicted octanol–water partition coefficient (Wildman–Crippen LogP) is 4.95. The third kappa shape index (κ3) is 5.62. The molecule has 2 aliphatic heterocycles. The summed E-state index contributed by atoms with van der Waals surface area (Å²) >= 11 is 0. The summed E-state index contributed by atoms with van der Waals surface area (Å²) in [6.45, 7) is 0.929. The van der Waals surface area contributed by atoms with Crippen LogP contribution in [0, 0.1) is 0 Å². The van der Waals surface area contributed by atoms with Gasteiger partial charge in [0.2, 0.25) is 0 Å². The van der Waals surface area contributed by atoms with E-state index in [1.807, 2.05) is 66.7 Å². The third-order valence-electron chi connectivity index (χ3n) is 5.89. The van der Waals surface area contributed by atoms with E-state index in [4.69, 9.17) is 18.9 Å². The first kappa shape index (κ1) is 23.3. The van der Waals surface area contributed by atoms with Gasteiger partial charge in [0.25, 0.3) is 0 Å². The second-order valence-electron chi connectivity index (χ2n) is 8.39. The van der Waals surface area contributed by atoms with Gasteiger partial charge in [-0.3, -0.25) is 0 Å². The zero-order valence-electron chi connectivity index (χ0n) is 19.3. The van der Waals surface area contributed by atoms with Gasteiger partial charge in [-0.25, -0.2) is 9.59 Å². The van der Waals surface area contributed by atoms with Gasteiger partial charge in [0.15, 0.2) is 26.9 Å². The molecule has 0 saturated carbocycles. The van der Waals surface area contributed by atoms with Crippen LogP contribution in [0.5, 0.6) is 11.5 Å². The molecule has 0 bridgehead atoms. The van der Waals surface area contributed by atoms with Crippen LogP contribution in [-0.4, -0.2) is 37.4 Å². The molecule has 2 fully saturated rings. The van der Waals surface area contributed by atoms with Gasteiger partial charge < -0.3 is 18.9 Å². The molecule has 6 nitrogen and oxygen atoms in total. The van der Waals surface area contributed by atoms with Crippen molar-refractivity contribution in [2.45, 2.75) is 52.6 Å². The molecule has 2 unspecified atom stereocenters. The second kappa shape index (κ2) is 10.9. The van der Waals surface area contributed by atoms with E-state index in [0.717, 1.165) is 22.6 Å². The van der Waals surface area contributed by atoms with E-state index in [1.54, 1.807) is 0 Å². The van der Waals surface area contributed by atoms with E-state index in [1.165, 1.54) is 4.90 Å². The highest BCUT2D eigenvalue weighted by Crippen LogP contribution is 2.33. The number of esters is 2. The molecular formula is C28H27O6S+. The Bertz CT molecular complexity index is 1070. The molecule has 2 saturated heterocycles. The van der Waals surface area contributed by atoms with Crippen molar-refractivity contribution in [2.24, 2.45) is 0 Å². The van der Waals surface area contributed by atoms with Gasteiger partial charge in [0, 0.05) is 0 Å². The Kier molecular flexibility index (Phi) is 7.23. The van der Waals surface area contributed by atoms with Crippen LogP contribution in [0.2, 0.25) is 0 Å². The number of ether oxygens (including phenoxy) is 4. The smallest absolute Gasteiger partial charge is 0.347 e. The lowest BCUT2D eigenvalue weighted by atomic mass is 10.1. The molecule has 3 aromatic rings. The molecule has 0 aliphatic carbocycles. The third-order valence-corrected chi connectivity index (χ3v) is 8.12. The van der Waals surface area contributed by atoms with Gasteiger partial charge in [-0.15, -0.1) is 0 Å². The van der Waals surface area contributed by atoms with Gasteiger partial charge in [-0.2, -0.15) is 0 Å². The summed E-state index contributed by atoms with van der Waals surface area (Å²) in [5, 5.41) is 0. The maximum atomic E-state index is 11.9.